The zero-order valence-corrected chi connectivity index (χ0v) is 6.34. The van der Waals surface area contributed by atoms with Crippen LogP contribution in [0.4, 0.5) is 0 Å². The van der Waals surface area contributed by atoms with E-state index in [1.165, 1.54) is 5.69 Å². The highest BCUT2D eigenvalue weighted by atomic mass is 32.2. The second-order valence-electron chi connectivity index (χ2n) is 2.37. The van der Waals surface area contributed by atoms with Crippen LogP contribution in [-0.4, -0.2) is 16.3 Å². The number of rotatable bonds is 1. The normalized spacial score (nSPS) is 23.1. The predicted molar refractivity (Wildman–Crippen MR) is 41.8 cm³/mol. The van der Waals surface area contributed by atoms with Crippen LogP contribution < -0.4 is 0 Å². The summed E-state index contributed by atoms with van der Waals surface area (Å²) in [5, 5.41) is 9.21. The third-order valence-corrected chi connectivity index (χ3v) is 3.00. The van der Waals surface area contributed by atoms with Gasteiger partial charge in [0.25, 0.3) is 0 Å². The van der Waals surface area contributed by atoms with Crippen LogP contribution >= 0.6 is 11.8 Å². The van der Waals surface area contributed by atoms with Crippen LogP contribution in [0, 0.1) is 0 Å². The molecule has 0 saturated heterocycles. The van der Waals surface area contributed by atoms with Gasteiger partial charge < -0.3 is 9.67 Å². The summed E-state index contributed by atoms with van der Waals surface area (Å²) in [5.41, 5.74) is 1.26. The average molecular weight is 155 g/mol. The van der Waals surface area contributed by atoms with E-state index in [0.717, 1.165) is 5.88 Å². The van der Waals surface area contributed by atoms with Crippen molar-refractivity contribution in [3.8, 4) is 0 Å². The number of hydrogen-bond acceptors (Lipinski definition) is 2. The quantitative estimate of drug-likeness (QED) is 0.659. The molecule has 1 aromatic heterocycles. The van der Waals surface area contributed by atoms with Crippen molar-refractivity contribution in [3.05, 3.63) is 24.0 Å². The first-order valence-corrected chi connectivity index (χ1v) is 4.34. The highest BCUT2D eigenvalue weighted by molar-refractivity contribution is 7.98. The van der Waals surface area contributed by atoms with Crippen LogP contribution in [-0.2, 0) is 5.88 Å². The topological polar surface area (TPSA) is 25.2 Å². The Balaban J connectivity index is 2.34. The lowest BCUT2D eigenvalue weighted by Crippen LogP contribution is -1.95. The van der Waals surface area contributed by atoms with Crippen molar-refractivity contribution in [2.45, 2.75) is 11.1 Å². The van der Waals surface area contributed by atoms with E-state index in [0.29, 0.717) is 5.25 Å². The molecule has 0 spiro atoms. The Morgan fingerprint density at radius 1 is 1.80 bits per heavy atom. The molecule has 1 unspecified atom stereocenters. The van der Waals surface area contributed by atoms with E-state index < -0.39 is 0 Å². The van der Waals surface area contributed by atoms with Gasteiger partial charge in [0.05, 0.1) is 17.7 Å². The van der Waals surface area contributed by atoms with E-state index >= 15 is 0 Å². The van der Waals surface area contributed by atoms with Crippen molar-refractivity contribution in [1.29, 1.82) is 0 Å². The van der Waals surface area contributed by atoms with Gasteiger partial charge in [0, 0.05) is 11.9 Å². The maximum absolute atomic E-state index is 8.90. The van der Waals surface area contributed by atoms with Gasteiger partial charge in [0.15, 0.2) is 0 Å². The lowest BCUT2D eigenvalue weighted by atomic mass is 10.3. The van der Waals surface area contributed by atoms with Crippen LogP contribution in [0.2, 0.25) is 0 Å². The van der Waals surface area contributed by atoms with Crippen LogP contribution in [0.5, 0.6) is 0 Å². The molecule has 54 valence electrons. The van der Waals surface area contributed by atoms with E-state index in [9.17, 15) is 0 Å². The fourth-order valence-corrected chi connectivity index (χ4v) is 2.30. The molecule has 0 amide bonds. The lowest BCUT2D eigenvalue weighted by molar-refractivity contribution is 0.295. The first-order chi connectivity index (χ1) is 4.92. The number of hydrogen-bond donors (Lipinski definition) is 1. The van der Waals surface area contributed by atoms with Crippen LogP contribution in [0.15, 0.2) is 18.3 Å². The van der Waals surface area contributed by atoms with Crippen molar-refractivity contribution in [2.24, 2.45) is 0 Å². The summed E-state index contributed by atoms with van der Waals surface area (Å²) in [6.45, 7) is 0.259. The summed E-state index contributed by atoms with van der Waals surface area (Å²) in [6, 6.07) is 4.10. The van der Waals surface area contributed by atoms with E-state index in [4.69, 9.17) is 5.11 Å². The molecule has 1 aliphatic heterocycles. The van der Waals surface area contributed by atoms with Gasteiger partial charge in [-0.2, -0.15) is 0 Å². The highest BCUT2D eigenvalue weighted by Gasteiger charge is 2.20. The van der Waals surface area contributed by atoms with Gasteiger partial charge in [0.2, 0.25) is 0 Å². The van der Waals surface area contributed by atoms with E-state index in [2.05, 4.69) is 16.8 Å². The summed E-state index contributed by atoms with van der Waals surface area (Å²) in [7, 11) is 0. The Labute approximate surface area is 63.9 Å². The van der Waals surface area contributed by atoms with Crippen LogP contribution in [0.3, 0.4) is 0 Å². The molecule has 1 atom stereocenters. The van der Waals surface area contributed by atoms with Gasteiger partial charge in [-0.05, 0) is 12.1 Å². The SMILES string of the molecule is OCC1SCn2cccc21. The van der Waals surface area contributed by atoms with Crippen LogP contribution in [0.25, 0.3) is 0 Å². The minimum atomic E-state index is 0.259. The molecule has 0 radical (unpaired) electrons. The second-order valence-corrected chi connectivity index (χ2v) is 3.53. The molecule has 2 heterocycles. The summed E-state index contributed by atoms with van der Waals surface area (Å²) in [4.78, 5) is 0. The van der Waals surface area contributed by atoms with E-state index in [1.54, 1.807) is 11.8 Å². The monoisotopic (exact) mass is 155 g/mol. The Bertz CT molecular complexity index is 233. The average Bonchev–Trinajstić information content (AvgIpc) is 2.44. The minimum Gasteiger partial charge on any atom is -0.395 e. The third-order valence-electron chi connectivity index (χ3n) is 1.78. The standard InChI is InChI=1S/C7H9NOS/c9-4-7-6-2-1-3-8(6)5-10-7/h1-3,7,9H,4-5H2. The Kier molecular flexibility index (Phi) is 1.47. The fourth-order valence-electron chi connectivity index (χ4n) is 1.24. The Morgan fingerprint density at radius 3 is 3.50 bits per heavy atom. The van der Waals surface area contributed by atoms with Crippen molar-refractivity contribution >= 4 is 11.8 Å². The number of aliphatic hydroxyl groups is 1. The maximum Gasteiger partial charge on any atom is 0.0698 e. The number of nitrogens with zero attached hydrogens (tertiary/aromatic N) is 1. The first-order valence-electron chi connectivity index (χ1n) is 3.29. The number of aromatic nitrogens is 1. The van der Waals surface area contributed by atoms with Gasteiger partial charge in [-0.15, -0.1) is 11.8 Å². The molecule has 10 heavy (non-hydrogen) atoms. The summed E-state index contributed by atoms with van der Waals surface area (Å²) >= 11 is 1.79. The van der Waals surface area contributed by atoms with Gasteiger partial charge >= 0.3 is 0 Å². The molecule has 0 aromatic carbocycles. The Hall–Kier alpha value is -0.410. The molecular formula is C7H9NOS. The molecule has 2 rings (SSSR count). The van der Waals surface area contributed by atoms with Crippen LogP contribution in [0.1, 0.15) is 10.9 Å². The maximum atomic E-state index is 8.90. The summed E-state index contributed by atoms with van der Waals surface area (Å²) in [6.07, 6.45) is 2.05. The number of thioether (sulfide) groups is 1. The van der Waals surface area contributed by atoms with Gasteiger partial charge in [-0.3, -0.25) is 0 Å². The molecule has 0 aliphatic carbocycles. The van der Waals surface area contributed by atoms with Gasteiger partial charge in [-0.1, -0.05) is 0 Å². The highest BCUT2D eigenvalue weighted by Crippen LogP contribution is 2.36. The van der Waals surface area contributed by atoms with Gasteiger partial charge in [-0.25, -0.2) is 0 Å². The van der Waals surface area contributed by atoms with Crippen molar-refractivity contribution in [2.75, 3.05) is 6.61 Å². The first kappa shape index (κ1) is 6.31. The van der Waals surface area contributed by atoms with E-state index in [-0.39, 0.29) is 6.61 Å². The number of aliphatic hydroxyl groups excluding tert-OH is 1. The van der Waals surface area contributed by atoms with Gasteiger partial charge in [0.1, 0.15) is 0 Å². The van der Waals surface area contributed by atoms with Crippen molar-refractivity contribution in [3.63, 3.8) is 0 Å². The molecule has 2 nitrogen and oxygen atoms in total. The fraction of sp³-hybridized carbons (Fsp3) is 0.429. The molecule has 1 N–H and O–H groups in total. The number of fused-ring (bicyclic) bond motifs is 1. The van der Waals surface area contributed by atoms with Crippen molar-refractivity contribution < 1.29 is 5.11 Å². The summed E-state index contributed by atoms with van der Waals surface area (Å²) in [5.74, 6) is 0.994. The van der Waals surface area contributed by atoms with E-state index in [1.807, 2.05) is 6.07 Å². The third kappa shape index (κ3) is 0.777. The molecule has 0 fully saturated rings. The molecule has 1 aromatic rings. The lowest BCUT2D eigenvalue weighted by Gasteiger charge is -2.00. The molecular weight excluding hydrogens is 146 g/mol. The molecule has 3 heteroatoms. The zero-order chi connectivity index (χ0) is 6.97. The molecule has 1 aliphatic rings. The minimum absolute atomic E-state index is 0.259. The molecule has 0 saturated carbocycles. The molecule has 0 bridgehead atoms. The summed E-state index contributed by atoms with van der Waals surface area (Å²) < 4.78 is 2.17. The Morgan fingerprint density at radius 2 is 2.70 bits per heavy atom. The predicted octanol–water partition coefficient (Wildman–Crippen LogP) is 1.23. The van der Waals surface area contributed by atoms with Crippen molar-refractivity contribution in [1.82, 2.24) is 4.57 Å². The smallest absolute Gasteiger partial charge is 0.0698 e. The zero-order valence-electron chi connectivity index (χ0n) is 5.53. The second kappa shape index (κ2) is 2.32. The largest absolute Gasteiger partial charge is 0.395 e.